The van der Waals surface area contributed by atoms with Crippen molar-refractivity contribution in [2.45, 2.75) is 58.7 Å². The van der Waals surface area contributed by atoms with Crippen LogP contribution in [0, 0.1) is 5.41 Å². The fraction of sp³-hybridized carbons (Fsp3) is 0.611. The summed E-state index contributed by atoms with van der Waals surface area (Å²) >= 11 is 0. The molecule has 1 amide bonds. The number of rotatable bonds is 7. The summed E-state index contributed by atoms with van der Waals surface area (Å²) in [6, 6.07) is 4.90. The van der Waals surface area contributed by atoms with E-state index in [9.17, 15) is 23.1 Å². The third-order valence-electron chi connectivity index (χ3n) is 3.91. The number of hydrogen-bond acceptors (Lipinski definition) is 2. The molecule has 0 aliphatic heterocycles. The summed E-state index contributed by atoms with van der Waals surface area (Å²) in [4.78, 5) is 12.0. The quantitative estimate of drug-likeness (QED) is 0.781. The summed E-state index contributed by atoms with van der Waals surface area (Å²) < 4.78 is 37.7. The van der Waals surface area contributed by atoms with Gasteiger partial charge in [-0.05, 0) is 42.4 Å². The second-order valence-corrected chi connectivity index (χ2v) is 7.22. The third-order valence-corrected chi connectivity index (χ3v) is 3.91. The van der Waals surface area contributed by atoms with Crippen LogP contribution < -0.4 is 5.32 Å². The van der Waals surface area contributed by atoms with Gasteiger partial charge in [-0.2, -0.15) is 13.2 Å². The molecule has 1 aromatic rings. The predicted octanol–water partition coefficient (Wildman–Crippen LogP) is 4.11. The molecule has 1 aromatic carbocycles. The van der Waals surface area contributed by atoms with Gasteiger partial charge >= 0.3 is 6.18 Å². The number of amides is 1. The third kappa shape index (κ3) is 6.91. The zero-order valence-corrected chi connectivity index (χ0v) is 14.6. The largest absolute Gasteiger partial charge is 0.416 e. The maximum Gasteiger partial charge on any atom is 0.416 e. The Morgan fingerprint density at radius 1 is 1.17 bits per heavy atom. The topological polar surface area (TPSA) is 49.3 Å². The molecule has 0 aliphatic carbocycles. The van der Waals surface area contributed by atoms with E-state index in [0.29, 0.717) is 18.5 Å². The van der Waals surface area contributed by atoms with Gasteiger partial charge in [0, 0.05) is 13.0 Å². The number of nitrogens with one attached hydrogen (secondary N) is 1. The molecule has 2 N–H and O–H groups in total. The van der Waals surface area contributed by atoms with Gasteiger partial charge in [-0.1, -0.05) is 32.9 Å². The molecule has 3 nitrogen and oxygen atoms in total. The lowest BCUT2D eigenvalue weighted by molar-refractivity contribution is -0.137. The molecule has 6 heteroatoms. The Balaban J connectivity index is 2.55. The zero-order valence-electron chi connectivity index (χ0n) is 14.6. The van der Waals surface area contributed by atoms with Crippen LogP contribution in [0.5, 0.6) is 0 Å². The molecular weight excluding hydrogens is 319 g/mol. The Morgan fingerprint density at radius 2 is 1.71 bits per heavy atom. The van der Waals surface area contributed by atoms with E-state index in [-0.39, 0.29) is 23.7 Å². The van der Waals surface area contributed by atoms with Crippen molar-refractivity contribution in [2.75, 3.05) is 6.54 Å². The molecule has 2 atom stereocenters. The fourth-order valence-electron chi connectivity index (χ4n) is 2.68. The Hall–Kier alpha value is -1.56. The van der Waals surface area contributed by atoms with Crippen LogP contribution in [0.25, 0.3) is 0 Å². The summed E-state index contributed by atoms with van der Waals surface area (Å²) in [7, 11) is 0. The maximum atomic E-state index is 12.6. The van der Waals surface area contributed by atoms with Crippen LogP contribution in [0.15, 0.2) is 24.3 Å². The van der Waals surface area contributed by atoms with Gasteiger partial charge in [0.15, 0.2) is 0 Å². The summed E-state index contributed by atoms with van der Waals surface area (Å²) in [6.07, 6.45) is -4.02. The fourth-order valence-corrected chi connectivity index (χ4v) is 2.68. The molecule has 24 heavy (non-hydrogen) atoms. The normalized spacial score (nSPS) is 15.0. The van der Waals surface area contributed by atoms with Gasteiger partial charge < -0.3 is 10.4 Å². The molecule has 2 unspecified atom stereocenters. The number of carbonyl (C=O) groups excluding carboxylic acids is 1. The average molecular weight is 345 g/mol. The van der Waals surface area contributed by atoms with Gasteiger partial charge in [0.25, 0.3) is 0 Å². The number of benzene rings is 1. The highest BCUT2D eigenvalue weighted by atomic mass is 19.4. The van der Waals surface area contributed by atoms with Crippen LogP contribution in [-0.2, 0) is 11.0 Å². The van der Waals surface area contributed by atoms with Gasteiger partial charge in [-0.3, -0.25) is 4.79 Å². The van der Waals surface area contributed by atoms with Crippen LogP contribution in [0.2, 0.25) is 0 Å². The van der Waals surface area contributed by atoms with Crippen molar-refractivity contribution >= 4 is 5.91 Å². The monoisotopic (exact) mass is 345 g/mol. The van der Waals surface area contributed by atoms with E-state index in [0.717, 1.165) is 12.1 Å². The molecular formula is C18H26F3NO2. The molecule has 0 radical (unpaired) electrons. The molecule has 0 bridgehead atoms. The first-order valence-corrected chi connectivity index (χ1v) is 8.02. The Morgan fingerprint density at radius 3 is 2.17 bits per heavy atom. The molecule has 0 saturated heterocycles. The van der Waals surface area contributed by atoms with Crippen LogP contribution in [0.3, 0.4) is 0 Å². The molecule has 0 aliphatic rings. The summed E-state index contributed by atoms with van der Waals surface area (Å²) in [5.74, 6) is -0.326. The van der Waals surface area contributed by atoms with Gasteiger partial charge in [0.05, 0.1) is 11.7 Å². The first kappa shape index (κ1) is 20.5. The first-order chi connectivity index (χ1) is 10.9. The minimum absolute atomic E-state index is 0.152. The van der Waals surface area contributed by atoms with Gasteiger partial charge in [-0.25, -0.2) is 0 Å². The maximum absolute atomic E-state index is 12.6. The van der Waals surface area contributed by atoms with Crippen LogP contribution in [-0.4, -0.2) is 23.7 Å². The number of hydrogen-bond donors (Lipinski definition) is 2. The summed E-state index contributed by atoms with van der Waals surface area (Å²) in [6.45, 7) is 7.87. The van der Waals surface area contributed by atoms with Gasteiger partial charge in [0.2, 0.25) is 5.91 Å². The minimum Gasteiger partial charge on any atom is -0.393 e. The van der Waals surface area contributed by atoms with E-state index in [1.165, 1.54) is 12.1 Å². The van der Waals surface area contributed by atoms with Gasteiger partial charge in [-0.15, -0.1) is 0 Å². The molecule has 0 heterocycles. The number of alkyl halides is 3. The average Bonchev–Trinajstić information content (AvgIpc) is 2.43. The van der Waals surface area contributed by atoms with Gasteiger partial charge in [0.1, 0.15) is 0 Å². The number of carbonyl (C=O) groups is 1. The van der Waals surface area contributed by atoms with E-state index >= 15 is 0 Å². The van der Waals surface area contributed by atoms with Crippen molar-refractivity contribution in [3.63, 3.8) is 0 Å². The highest BCUT2D eigenvalue weighted by Crippen LogP contribution is 2.30. The van der Waals surface area contributed by atoms with Crippen LogP contribution in [0.4, 0.5) is 13.2 Å². The van der Waals surface area contributed by atoms with E-state index < -0.39 is 17.8 Å². The van der Waals surface area contributed by atoms with Crippen molar-refractivity contribution in [3.8, 4) is 0 Å². The Bertz CT molecular complexity index is 536. The SMILES string of the molecule is CC(O)CC(C)(C)CNC(=O)CC(C)c1ccc(C(F)(F)F)cc1. The Labute approximate surface area is 141 Å². The van der Waals surface area contributed by atoms with Crippen molar-refractivity contribution in [1.29, 1.82) is 0 Å². The number of aliphatic hydroxyl groups is 1. The summed E-state index contributed by atoms with van der Waals surface area (Å²) in [5.41, 5.74) is -0.217. The summed E-state index contributed by atoms with van der Waals surface area (Å²) in [5, 5.41) is 12.3. The number of halogens is 3. The van der Waals surface area contributed by atoms with Crippen molar-refractivity contribution in [2.24, 2.45) is 5.41 Å². The first-order valence-electron chi connectivity index (χ1n) is 8.02. The zero-order chi connectivity index (χ0) is 18.5. The van der Waals surface area contributed by atoms with E-state index in [1.54, 1.807) is 6.92 Å². The van der Waals surface area contributed by atoms with Crippen molar-refractivity contribution < 1.29 is 23.1 Å². The van der Waals surface area contributed by atoms with Crippen molar-refractivity contribution in [1.82, 2.24) is 5.32 Å². The standard InChI is InChI=1S/C18H26F3NO2/c1-12(14-5-7-15(8-6-14)18(19,20)21)9-16(24)22-11-17(3,4)10-13(2)23/h5-8,12-13,23H,9-11H2,1-4H3,(H,22,24). The lowest BCUT2D eigenvalue weighted by atomic mass is 9.87. The predicted molar refractivity (Wildman–Crippen MR) is 87.6 cm³/mol. The minimum atomic E-state index is -4.35. The lowest BCUT2D eigenvalue weighted by Gasteiger charge is -2.26. The Kier molecular flexibility index (Phi) is 6.84. The van der Waals surface area contributed by atoms with E-state index in [2.05, 4.69) is 5.32 Å². The second kappa shape index (κ2) is 8.01. The highest BCUT2D eigenvalue weighted by Gasteiger charge is 2.30. The van der Waals surface area contributed by atoms with E-state index in [4.69, 9.17) is 0 Å². The molecule has 1 rings (SSSR count). The highest BCUT2D eigenvalue weighted by molar-refractivity contribution is 5.76. The van der Waals surface area contributed by atoms with E-state index in [1.807, 2.05) is 20.8 Å². The molecule has 136 valence electrons. The second-order valence-electron chi connectivity index (χ2n) is 7.22. The van der Waals surface area contributed by atoms with Crippen LogP contribution >= 0.6 is 0 Å². The smallest absolute Gasteiger partial charge is 0.393 e. The number of aliphatic hydroxyl groups excluding tert-OH is 1. The molecule has 0 aromatic heterocycles. The molecule has 0 saturated carbocycles. The van der Waals surface area contributed by atoms with Crippen LogP contribution in [0.1, 0.15) is 57.6 Å². The van der Waals surface area contributed by atoms with Crippen molar-refractivity contribution in [3.05, 3.63) is 35.4 Å². The molecule has 0 spiro atoms. The molecule has 0 fully saturated rings. The lowest BCUT2D eigenvalue weighted by Crippen LogP contribution is -2.36.